The van der Waals surface area contributed by atoms with Crippen LogP contribution in [0, 0.1) is 13.8 Å². The molecule has 0 fully saturated rings. The number of ether oxygens (including phenoxy) is 1. The van der Waals surface area contributed by atoms with Crippen molar-refractivity contribution in [2.24, 2.45) is 0 Å². The molecule has 0 aliphatic carbocycles. The lowest BCUT2D eigenvalue weighted by Gasteiger charge is -2.25. The number of hydrogen-bond acceptors (Lipinski definition) is 6. The maximum absolute atomic E-state index is 13.5. The smallest absolute Gasteiger partial charge is 0.270 e. The largest absolute Gasteiger partial charge is 0.497 e. The number of sulfonamides is 1. The van der Waals surface area contributed by atoms with Crippen LogP contribution in [0.25, 0.3) is 0 Å². The molecule has 1 heterocycles. The Bertz CT molecular complexity index is 1160. The van der Waals surface area contributed by atoms with Crippen LogP contribution in [0.4, 0.5) is 5.69 Å². The first-order valence-corrected chi connectivity index (χ1v) is 12.1. The molecule has 33 heavy (non-hydrogen) atoms. The molecule has 0 aliphatic heterocycles. The summed E-state index contributed by atoms with van der Waals surface area (Å²) in [6, 6.07) is 16.3. The molecule has 2 aromatic carbocycles. The first-order chi connectivity index (χ1) is 15.7. The van der Waals surface area contributed by atoms with Gasteiger partial charge in [0.1, 0.15) is 18.0 Å². The maximum atomic E-state index is 13.5. The van der Waals surface area contributed by atoms with Gasteiger partial charge in [0.05, 0.1) is 12.8 Å². The zero-order chi connectivity index (χ0) is 24.0. The topological polar surface area (TPSA) is 102 Å². The number of amides is 1. The van der Waals surface area contributed by atoms with Gasteiger partial charge < -0.3 is 14.6 Å². The molecule has 0 bridgehead atoms. The highest BCUT2D eigenvalue weighted by molar-refractivity contribution is 7.93. The van der Waals surface area contributed by atoms with Crippen LogP contribution in [0.1, 0.15) is 30.4 Å². The fraction of sp³-hybridized carbons (Fsp3) is 0.333. The second-order valence-electron chi connectivity index (χ2n) is 7.86. The van der Waals surface area contributed by atoms with E-state index in [0.717, 1.165) is 17.1 Å². The Kier molecular flexibility index (Phi) is 7.75. The third kappa shape index (κ3) is 5.92. The van der Waals surface area contributed by atoms with Crippen molar-refractivity contribution >= 4 is 21.6 Å². The van der Waals surface area contributed by atoms with Gasteiger partial charge in [-0.3, -0.25) is 9.10 Å². The predicted octanol–water partition coefficient (Wildman–Crippen LogP) is 3.63. The molecule has 8 nitrogen and oxygen atoms in total. The normalized spacial score (nSPS) is 12.2. The van der Waals surface area contributed by atoms with Crippen molar-refractivity contribution in [1.82, 2.24) is 10.5 Å². The van der Waals surface area contributed by atoms with Gasteiger partial charge in [-0.1, -0.05) is 35.5 Å². The van der Waals surface area contributed by atoms with Crippen LogP contribution < -0.4 is 14.4 Å². The molecule has 176 valence electrons. The number of benzene rings is 2. The molecule has 0 saturated carbocycles. The quantitative estimate of drug-likeness (QED) is 0.484. The number of carbonyl (C=O) groups excluding carboxylic acids is 1. The minimum absolute atomic E-state index is 0.0387. The number of aryl methyl sites for hydroxylation is 3. The van der Waals surface area contributed by atoms with Crippen LogP contribution in [0.5, 0.6) is 5.75 Å². The minimum atomic E-state index is -4.10. The number of methoxy groups -OCH3 is 1. The number of aromatic nitrogens is 1. The van der Waals surface area contributed by atoms with E-state index in [4.69, 9.17) is 9.26 Å². The summed E-state index contributed by atoms with van der Waals surface area (Å²) in [5.41, 5.74) is 1.75. The van der Waals surface area contributed by atoms with E-state index in [9.17, 15) is 13.2 Å². The Morgan fingerprint density at radius 1 is 1.12 bits per heavy atom. The Morgan fingerprint density at radius 3 is 2.36 bits per heavy atom. The van der Waals surface area contributed by atoms with Gasteiger partial charge in [-0.25, -0.2) is 8.42 Å². The molecule has 1 amide bonds. The number of rotatable bonds is 10. The first kappa shape index (κ1) is 24.3. The van der Waals surface area contributed by atoms with E-state index >= 15 is 0 Å². The van der Waals surface area contributed by atoms with E-state index in [0.29, 0.717) is 11.4 Å². The SMILES string of the molecule is COc1ccc(N(CC(=O)N[C@@H](C)CCc2ccccc2)S(=O)(=O)c2c(C)noc2C)cc1. The van der Waals surface area contributed by atoms with Gasteiger partial charge in [0.2, 0.25) is 5.91 Å². The summed E-state index contributed by atoms with van der Waals surface area (Å²) in [7, 11) is -2.58. The van der Waals surface area contributed by atoms with E-state index < -0.39 is 15.9 Å². The average molecular weight is 472 g/mol. The van der Waals surface area contributed by atoms with Crippen LogP contribution >= 0.6 is 0 Å². The van der Waals surface area contributed by atoms with E-state index in [-0.39, 0.29) is 28.9 Å². The predicted molar refractivity (Wildman–Crippen MR) is 126 cm³/mol. The third-order valence-corrected chi connectivity index (χ3v) is 7.30. The molecule has 0 radical (unpaired) electrons. The number of nitrogens with zero attached hydrogens (tertiary/aromatic N) is 2. The fourth-order valence-corrected chi connectivity index (χ4v) is 5.29. The van der Waals surface area contributed by atoms with Crippen molar-refractivity contribution in [1.29, 1.82) is 0 Å². The van der Waals surface area contributed by atoms with Crippen molar-refractivity contribution in [3.63, 3.8) is 0 Å². The second kappa shape index (κ2) is 10.5. The molecule has 3 aromatic rings. The van der Waals surface area contributed by atoms with E-state index in [1.807, 2.05) is 37.3 Å². The van der Waals surface area contributed by atoms with Crippen molar-refractivity contribution in [2.45, 2.75) is 44.6 Å². The van der Waals surface area contributed by atoms with E-state index in [2.05, 4.69) is 10.5 Å². The van der Waals surface area contributed by atoms with Crippen LogP contribution in [-0.4, -0.2) is 39.2 Å². The highest BCUT2D eigenvalue weighted by Gasteiger charge is 2.33. The lowest BCUT2D eigenvalue weighted by Crippen LogP contribution is -2.44. The Hall–Kier alpha value is -3.33. The summed E-state index contributed by atoms with van der Waals surface area (Å²) in [4.78, 5) is 12.8. The molecule has 9 heteroatoms. The Morgan fingerprint density at radius 2 is 1.79 bits per heavy atom. The molecule has 0 saturated heterocycles. The fourth-order valence-electron chi connectivity index (χ4n) is 3.57. The summed E-state index contributed by atoms with van der Waals surface area (Å²) in [6.45, 7) is 4.61. The van der Waals surface area contributed by atoms with Gasteiger partial charge in [-0.05, 0) is 63.4 Å². The highest BCUT2D eigenvalue weighted by atomic mass is 32.2. The second-order valence-corrected chi connectivity index (χ2v) is 9.65. The lowest BCUT2D eigenvalue weighted by atomic mass is 10.1. The third-order valence-electron chi connectivity index (χ3n) is 5.28. The van der Waals surface area contributed by atoms with Gasteiger partial charge in [0, 0.05) is 6.04 Å². The van der Waals surface area contributed by atoms with Gasteiger partial charge in [-0.15, -0.1) is 0 Å². The van der Waals surface area contributed by atoms with Crippen molar-refractivity contribution < 1.29 is 22.5 Å². The molecule has 0 aliphatic rings. The molecule has 1 atom stereocenters. The lowest BCUT2D eigenvalue weighted by molar-refractivity contribution is -0.120. The standard InChI is InChI=1S/C24H29N3O5S/c1-17(10-11-20-8-6-5-7-9-20)25-23(28)16-27(21-12-14-22(31-4)15-13-21)33(29,30)24-18(2)26-32-19(24)3/h5-9,12-15,17H,10-11,16H2,1-4H3,(H,25,28)/t17-/m0/s1. The maximum Gasteiger partial charge on any atom is 0.270 e. The number of nitrogens with one attached hydrogen (secondary N) is 1. The highest BCUT2D eigenvalue weighted by Crippen LogP contribution is 2.29. The Balaban J connectivity index is 1.79. The van der Waals surface area contributed by atoms with Crippen LogP contribution in [0.15, 0.2) is 64.0 Å². The summed E-state index contributed by atoms with van der Waals surface area (Å²) >= 11 is 0. The molecule has 3 rings (SSSR count). The monoisotopic (exact) mass is 471 g/mol. The van der Waals surface area contributed by atoms with Crippen LogP contribution in [0.3, 0.4) is 0 Å². The van der Waals surface area contributed by atoms with Crippen LogP contribution in [-0.2, 0) is 21.2 Å². The van der Waals surface area contributed by atoms with E-state index in [1.165, 1.54) is 19.6 Å². The van der Waals surface area contributed by atoms with Crippen molar-refractivity contribution in [2.75, 3.05) is 18.0 Å². The summed E-state index contributed by atoms with van der Waals surface area (Å²) < 4.78 is 38.4. The van der Waals surface area contributed by atoms with Gasteiger partial charge in [-0.2, -0.15) is 0 Å². The summed E-state index contributed by atoms with van der Waals surface area (Å²) in [6.07, 6.45) is 1.54. The van der Waals surface area contributed by atoms with Gasteiger partial charge in [0.25, 0.3) is 10.0 Å². The molecule has 1 N–H and O–H groups in total. The Labute approximate surface area is 194 Å². The van der Waals surface area contributed by atoms with E-state index in [1.54, 1.807) is 31.2 Å². The van der Waals surface area contributed by atoms with Crippen molar-refractivity contribution in [3.8, 4) is 5.75 Å². The molecule has 1 aromatic heterocycles. The summed E-state index contributed by atoms with van der Waals surface area (Å²) in [5, 5.41) is 6.68. The average Bonchev–Trinajstić information content (AvgIpc) is 3.15. The van der Waals surface area contributed by atoms with Gasteiger partial charge >= 0.3 is 0 Å². The van der Waals surface area contributed by atoms with Gasteiger partial charge in [0.15, 0.2) is 10.7 Å². The molecular formula is C24H29N3O5S. The summed E-state index contributed by atoms with van der Waals surface area (Å²) in [5.74, 6) is 0.344. The van der Waals surface area contributed by atoms with Crippen molar-refractivity contribution in [3.05, 3.63) is 71.6 Å². The number of anilines is 1. The number of hydrogen-bond donors (Lipinski definition) is 1. The number of carbonyl (C=O) groups is 1. The zero-order valence-corrected chi connectivity index (χ0v) is 20.1. The minimum Gasteiger partial charge on any atom is -0.497 e. The first-order valence-electron chi connectivity index (χ1n) is 10.7. The molecular weight excluding hydrogens is 442 g/mol. The van der Waals surface area contributed by atoms with Crippen LogP contribution in [0.2, 0.25) is 0 Å². The molecule has 0 unspecified atom stereocenters. The molecule has 0 spiro atoms. The zero-order valence-electron chi connectivity index (χ0n) is 19.2.